The Morgan fingerprint density at radius 1 is 1.21 bits per heavy atom. The summed E-state index contributed by atoms with van der Waals surface area (Å²) in [7, 11) is 0. The van der Waals surface area contributed by atoms with Gasteiger partial charge in [-0.2, -0.15) is 5.10 Å². The first-order valence-electron chi connectivity index (χ1n) is 7.87. The van der Waals surface area contributed by atoms with Crippen molar-refractivity contribution in [3.8, 4) is 0 Å². The van der Waals surface area contributed by atoms with Gasteiger partial charge < -0.3 is 10.4 Å². The second-order valence-electron chi connectivity index (χ2n) is 5.92. The molecule has 0 radical (unpaired) electrons. The highest BCUT2D eigenvalue weighted by molar-refractivity contribution is 6.38. The number of hydrazone groups is 1. The molecule has 1 aliphatic rings. The number of nitrogens with one attached hydrogen (secondary N) is 3. The van der Waals surface area contributed by atoms with Crippen LogP contribution in [0.4, 0.5) is 14.9 Å². The molecule has 0 unspecified atom stereocenters. The van der Waals surface area contributed by atoms with Crippen LogP contribution < -0.4 is 22.0 Å². The van der Waals surface area contributed by atoms with E-state index >= 15 is 0 Å². The topological polar surface area (TPSA) is 129 Å². The van der Waals surface area contributed by atoms with Gasteiger partial charge in [0.2, 0.25) is 0 Å². The molecular formula is C17H14Cl2FN5O3. The maximum Gasteiger partial charge on any atom is 0.349 e. The number of fused-ring (bicyclic) bond motifs is 1. The van der Waals surface area contributed by atoms with Crippen LogP contribution in [0.2, 0.25) is 10.0 Å². The Hall–Kier alpha value is -2.72. The van der Waals surface area contributed by atoms with Gasteiger partial charge in [-0.3, -0.25) is 10.2 Å². The molecule has 0 spiro atoms. The smallest absolute Gasteiger partial charge is 0.349 e. The van der Waals surface area contributed by atoms with Crippen LogP contribution in [-0.2, 0) is 10.4 Å². The van der Waals surface area contributed by atoms with Crippen LogP contribution in [0.15, 0.2) is 41.5 Å². The zero-order chi connectivity index (χ0) is 20.5. The maximum atomic E-state index is 13.3. The molecule has 6 N–H and O–H groups in total. The van der Waals surface area contributed by atoms with E-state index in [9.17, 15) is 19.1 Å². The van der Waals surface area contributed by atoms with E-state index in [1.54, 1.807) is 0 Å². The molecule has 2 aromatic rings. The van der Waals surface area contributed by atoms with Crippen molar-refractivity contribution < 1.29 is 19.1 Å². The number of hydrogen-bond acceptors (Lipinski definition) is 5. The SMILES string of the molecule is NNC(=O)N/N=C(/C[C@@]1(O)C(=O)Nc2c(Cl)ccc(Cl)c21)c1ccc(F)cc1. The van der Waals surface area contributed by atoms with Gasteiger partial charge in [0.1, 0.15) is 5.82 Å². The van der Waals surface area contributed by atoms with Gasteiger partial charge in [-0.1, -0.05) is 35.3 Å². The number of rotatable bonds is 4. The molecule has 2 aromatic carbocycles. The largest absolute Gasteiger partial charge is 0.375 e. The van der Waals surface area contributed by atoms with Crippen LogP contribution in [-0.4, -0.2) is 22.8 Å². The summed E-state index contributed by atoms with van der Waals surface area (Å²) in [5.74, 6) is 3.74. The predicted octanol–water partition coefficient (Wildman–Crippen LogP) is 2.24. The van der Waals surface area contributed by atoms with Gasteiger partial charge in [-0.15, -0.1) is 0 Å². The molecule has 11 heteroatoms. The van der Waals surface area contributed by atoms with Crippen LogP contribution in [0.5, 0.6) is 0 Å². The number of nitrogens with two attached hydrogens (primary N) is 1. The van der Waals surface area contributed by atoms with Crippen molar-refractivity contribution in [1.29, 1.82) is 0 Å². The van der Waals surface area contributed by atoms with Gasteiger partial charge in [0.05, 0.1) is 16.4 Å². The van der Waals surface area contributed by atoms with E-state index in [1.165, 1.54) is 36.4 Å². The number of carbonyl (C=O) groups excluding carboxylic acids is 2. The van der Waals surface area contributed by atoms with E-state index in [4.69, 9.17) is 29.0 Å². The molecule has 0 bridgehead atoms. The summed E-state index contributed by atoms with van der Waals surface area (Å²) in [5, 5.41) is 17.9. The first-order valence-corrected chi connectivity index (χ1v) is 8.63. The number of amides is 3. The zero-order valence-corrected chi connectivity index (χ0v) is 15.6. The minimum Gasteiger partial charge on any atom is -0.375 e. The van der Waals surface area contributed by atoms with Crippen LogP contribution in [0, 0.1) is 5.82 Å². The summed E-state index contributed by atoms with van der Waals surface area (Å²) >= 11 is 12.3. The predicted molar refractivity (Wildman–Crippen MR) is 102 cm³/mol. The number of nitrogens with zero attached hydrogens (tertiary/aromatic N) is 1. The van der Waals surface area contributed by atoms with E-state index in [-0.39, 0.29) is 33.4 Å². The monoisotopic (exact) mass is 425 g/mol. The van der Waals surface area contributed by atoms with Gasteiger partial charge in [0, 0.05) is 17.0 Å². The van der Waals surface area contributed by atoms with Gasteiger partial charge >= 0.3 is 6.03 Å². The highest BCUT2D eigenvalue weighted by Crippen LogP contribution is 2.46. The fraction of sp³-hybridized carbons (Fsp3) is 0.118. The first-order chi connectivity index (χ1) is 13.3. The number of anilines is 1. The normalized spacial score (nSPS) is 18.5. The highest BCUT2D eigenvalue weighted by atomic mass is 35.5. The van der Waals surface area contributed by atoms with E-state index in [0.717, 1.165) is 0 Å². The number of carbonyl (C=O) groups is 2. The fourth-order valence-electron chi connectivity index (χ4n) is 2.82. The Bertz CT molecular complexity index is 984. The second-order valence-corrected chi connectivity index (χ2v) is 6.74. The number of benzene rings is 2. The summed E-state index contributed by atoms with van der Waals surface area (Å²) in [6.07, 6.45) is -0.387. The van der Waals surface area contributed by atoms with Crippen LogP contribution >= 0.6 is 23.2 Å². The Labute approximate surface area is 168 Å². The summed E-state index contributed by atoms with van der Waals surface area (Å²) < 4.78 is 13.3. The molecule has 28 heavy (non-hydrogen) atoms. The molecule has 0 aromatic heterocycles. The fourth-order valence-corrected chi connectivity index (χ4v) is 3.34. The number of hydrogen-bond donors (Lipinski definition) is 5. The standard InChI is InChI=1S/C17H14Cl2FN5O3/c18-10-5-6-11(19)14-13(10)17(28,15(26)22-14)7-12(24-25-16(27)23-21)8-1-3-9(20)4-2-8/h1-6,28H,7,21H2,(H,22,26)(H2,23,25,27)/b24-12-/t17-/m0/s1. The third kappa shape index (κ3) is 3.65. The molecule has 3 rings (SSSR count). The van der Waals surface area contributed by atoms with E-state index in [0.29, 0.717) is 5.56 Å². The molecule has 1 atom stereocenters. The Morgan fingerprint density at radius 2 is 1.86 bits per heavy atom. The molecule has 0 fully saturated rings. The average molecular weight is 426 g/mol. The van der Waals surface area contributed by atoms with Crippen molar-refractivity contribution in [2.75, 3.05) is 5.32 Å². The molecular weight excluding hydrogens is 412 g/mol. The minimum absolute atomic E-state index is 0.0742. The van der Waals surface area contributed by atoms with Crippen molar-refractivity contribution >= 4 is 46.5 Å². The molecule has 0 aliphatic carbocycles. The Kier molecular flexibility index (Phi) is 5.52. The van der Waals surface area contributed by atoms with Crippen molar-refractivity contribution in [2.45, 2.75) is 12.0 Å². The van der Waals surface area contributed by atoms with Gasteiger partial charge in [-0.25, -0.2) is 20.5 Å². The number of urea groups is 1. The van der Waals surface area contributed by atoms with Crippen LogP contribution in [0.25, 0.3) is 0 Å². The molecule has 3 amide bonds. The Balaban J connectivity index is 2.06. The third-order valence-corrected chi connectivity index (χ3v) is 4.79. The lowest BCUT2D eigenvalue weighted by Gasteiger charge is -2.23. The molecule has 1 aliphatic heterocycles. The lowest BCUT2D eigenvalue weighted by molar-refractivity contribution is -0.132. The van der Waals surface area contributed by atoms with Crippen molar-refractivity contribution in [2.24, 2.45) is 10.9 Å². The molecule has 0 saturated heterocycles. The summed E-state index contributed by atoms with van der Waals surface area (Å²) in [4.78, 5) is 23.9. The number of hydrazine groups is 1. The van der Waals surface area contributed by atoms with E-state index in [1.807, 2.05) is 5.43 Å². The van der Waals surface area contributed by atoms with Gasteiger partial charge in [0.25, 0.3) is 5.91 Å². The highest BCUT2D eigenvalue weighted by Gasteiger charge is 2.48. The van der Waals surface area contributed by atoms with Crippen molar-refractivity contribution in [3.05, 3.63) is 63.4 Å². The Morgan fingerprint density at radius 3 is 2.50 bits per heavy atom. The average Bonchev–Trinajstić information content (AvgIpc) is 2.94. The lowest BCUT2D eigenvalue weighted by atomic mass is 9.87. The summed E-state index contributed by atoms with van der Waals surface area (Å²) in [6, 6.07) is 7.21. The minimum atomic E-state index is -2.12. The molecule has 0 saturated carbocycles. The van der Waals surface area contributed by atoms with Gasteiger partial charge in [0.15, 0.2) is 5.60 Å². The quantitative estimate of drug-likeness (QED) is 0.222. The molecule has 8 nitrogen and oxygen atoms in total. The second kappa shape index (κ2) is 7.72. The summed E-state index contributed by atoms with van der Waals surface area (Å²) in [6.45, 7) is 0. The third-order valence-electron chi connectivity index (χ3n) is 4.16. The van der Waals surface area contributed by atoms with Crippen molar-refractivity contribution in [1.82, 2.24) is 10.9 Å². The van der Waals surface area contributed by atoms with Gasteiger partial charge in [-0.05, 0) is 29.8 Å². The van der Waals surface area contributed by atoms with Crippen LogP contribution in [0.3, 0.4) is 0 Å². The lowest BCUT2D eigenvalue weighted by Crippen LogP contribution is -2.40. The zero-order valence-electron chi connectivity index (χ0n) is 14.1. The molecule has 146 valence electrons. The van der Waals surface area contributed by atoms with E-state index < -0.39 is 23.4 Å². The van der Waals surface area contributed by atoms with Crippen LogP contribution in [0.1, 0.15) is 17.5 Å². The first kappa shape index (κ1) is 20.0. The number of aliphatic hydroxyl groups is 1. The van der Waals surface area contributed by atoms with E-state index in [2.05, 4.69) is 15.8 Å². The summed E-state index contributed by atoms with van der Waals surface area (Å²) in [5.41, 5.74) is 2.53. The molecule has 1 heterocycles. The van der Waals surface area contributed by atoms with Crippen molar-refractivity contribution in [3.63, 3.8) is 0 Å². The maximum absolute atomic E-state index is 13.3. The number of halogens is 3.